The maximum atomic E-state index is 13.7. The molecule has 0 bridgehead atoms. The summed E-state index contributed by atoms with van der Waals surface area (Å²) in [4.78, 5) is 13.4. The molecule has 0 aromatic heterocycles. The number of carbonyl (C=O) groups excluding carboxylic acids is 1. The molecule has 1 atom stereocenters. The van der Waals surface area contributed by atoms with E-state index in [-0.39, 0.29) is 23.4 Å². The SMILES string of the molecule is CCOc1ccccc1N(CC(=O)NC1CCCc2cc(OC)ccc21)S(=O)(=O)c1ccccc1. The predicted molar refractivity (Wildman–Crippen MR) is 135 cm³/mol. The van der Waals surface area contributed by atoms with Gasteiger partial charge >= 0.3 is 0 Å². The molecule has 3 aromatic rings. The van der Waals surface area contributed by atoms with E-state index in [1.165, 1.54) is 12.1 Å². The lowest BCUT2D eigenvalue weighted by molar-refractivity contribution is -0.120. The van der Waals surface area contributed by atoms with Gasteiger partial charge in [-0.2, -0.15) is 0 Å². The van der Waals surface area contributed by atoms with E-state index in [2.05, 4.69) is 5.32 Å². The van der Waals surface area contributed by atoms with Crippen molar-refractivity contribution in [3.05, 3.63) is 83.9 Å². The lowest BCUT2D eigenvalue weighted by Gasteiger charge is -2.29. The number of para-hydroxylation sites is 2. The molecular formula is C27H30N2O5S. The molecule has 8 heteroatoms. The molecule has 0 aliphatic heterocycles. The highest BCUT2D eigenvalue weighted by Crippen LogP contribution is 2.34. The maximum absolute atomic E-state index is 13.7. The highest BCUT2D eigenvalue weighted by atomic mass is 32.2. The lowest BCUT2D eigenvalue weighted by Crippen LogP contribution is -2.42. The quantitative estimate of drug-likeness (QED) is 0.474. The van der Waals surface area contributed by atoms with Gasteiger partial charge in [0.1, 0.15) is 18.0 Å². The first-order valence-corrected chi connectivity index (χ1v) is 13.1. The minimum Gasteiger partial charge on any atom is -0.497 e. The summed E-state index contributed by atoms with van der Waals surface area (Å²) in [6, 6.07) is 20.6. The third-order valence-corrected chi connectivity index (χ3v) is 7.83. The minimum absolute atomic E-state index is 0.106. The molecule has 1 unspecified atom stereocenters. The summed E-state index contributed by atoms with van der Waals surface area (Å²) in [6.45, 7) is 1.82. The van der Waals surface area contributed by atoms with Crippen LogP contribution in [-0.4, -0.2) is 34.6 Å². The molecule has 7 nitrogen and oxygen atoms in total. The summed E-state index contributed by atoms with van der Waals surface area (Å²) >= 11 is 0. The lowest BCUT2D eigenvalue weighted by atomic mass is 9.87. The number of nitrogens with zero attached hydrogens (tertiary/aromatic N) is 1. The largest absolute Gasteiger partial charge is 0.497 e. The van der Waals surface area contributed by atoms with Crippen LogP contribution in [0.15, 0.2) is 77.7 Å². The Morgan fingerprint density at radius 2 is 1.80 bits per heavy atom. The second-order valence-electron chi connectivity index (χ2n) is 8.30. The van der Waals surface area contributed by atoms with Crippen LogP contribution in [0.4, 0.5) is 5.69 Å². The van der Waals surface area contributed by atoms with Gasteiger partial charge in [-0.15, -0.1) is 0 Å². The molecule has 3 aromatic carbocycles. The van der Waals surface area contributed by atoms with Gasteiger partial charge in [-0.25, -0.2) is 8.42 Å². The molecule has 1 aliphatic rings. The average molecular weight is 495 g/mol. The molecule has 1 aliphatic carbocycles. The highest BCUT2D eigenvalue weighted by molar-refractivity contribution is 7.92. The molecule has 35 heavy (non-hydrogen) atoms. The van der Waals surface area contributed by atoms with Crippen molar-refractivity contribution in [2.45, 2.75) is 37.1 Å². The van der Waals surface area contributed by atoms with Crippen LogP contribution in [0, 0.1) is 0 Å². The van der Waals surface area contributed by atoms with Crippen LogP contribution in [0.25, 0.3) is 0 Å². The Bertz CT molecular complexity index is 1280. The Labute approximate surface area is 206 Å². The number of hydrogen-bond acceptors (Lipinski definition) is 5. The van der Waals surface area contributed by atoms with Gasteiger partial charge in [0.25, 0.3) is 10.0 Å². The zero-order valence-electron chi connectivity index (χ0n) is 19.9. The Hall–Kier alpha value is -3.52. The second-order valence-corrected chi connectivity index (χ2v) is 10.2. The van der Waals surface area contributed by atoms with Crippen LogP contribution >= 0.6 is 0 Å². The molecular weight excluding hydrogens is 464 g/mol. The summed E-state index contributed by atoms with van der Waals surface area (Å²) in [6.07, 6.45) is 2.62. The molecule has 1 N–H and O–H groups in total. The van der Waals surface area contributed by atoms with Crippen molar-refractivity contribution in [2.24, 2.45) is 0 Å². The molecule has 0 fully saturated rings. The summed E-state index contributed by atoms with van der Waals surface area (Å²) in [7, 11) is -2.39. The number of amides is 1. The van der Waals surface area contributed by atoms with E-state index in [1.807, 2.05) is 25.1 Å². The Kier molecular flexibility index (Phi) is 7.60. The maximum Gasteiger partial charge on any atom is 0.264 e. The Morgan fingerprint density at radius 3 is 2.54 bits per heavy atom. The summed E-state index contributed by atoms with van der Waals surface area (Å²) < 4.78 is 39.5. The fourth-order valence-corrected chi connectivity index (χ4v) is 5.85. The van der Waals surface area contributed by atoms with Crippen LogP contribution < -0.4 is 19.1 Å². The fraction of sp³-hybridized carbons (Fsp3) is 0.296. The van der Waals surface area contributed by atoms with E-state index in [0.717, 1.165) is 40.4 Å². The van der Waals surface area contributed by atoms with Crippen molar-refractivity contribution in [2.75, 3.05) is 24.6 Å². The summed E-state index contributed by atoms with van der Waals surface area (Å²) in [5.74, 6) is 0.797. The Morgan fingerprint density at radius 1 is 1.06 bits per heavy atom. The third kappa shape index (κ3) is 5.43. The van der Waals surface area contributed by atoms with Crippen LogP contribution in [0.2, 0.25) is 0 Å². The third-order valence-electron chi connectivity index (χ3n) is 6.05. The fourth-order valence-electron chi connectivity index (χ4n) is 4.40. The van der Waals surface area contributed by atoms with E-state index >= 15 is 0 Å². The van der Waals surface area contributed by atoms with Gasteiger partial charge in [0.15, 0.2) is 0 Å². The van der Waals surface area contributed by atoms with E-state index < -0.39 is 10.0 Å². The van der Waals surface area contributed by atoms with Crippen LogP contribution in [0.5, 0.6) is 11.5 Å². The predicted octanol–water partition coefficient (Wildman–Crippen LogP) is 4.48. The number of fused-ring (bicyclic) bond motifs is 1. The van der Waals surface area contributed by atoms with Gasteiger partial charge in [0.05, 0.1) is 30.3 Å². The molecule has 4 rings (SSSR count). The minimum atomic E-state index is -4.02. The van der Waals surface area contributed by atoms with Gasteiger partial charge in [-0.1, -0.05) is 36.4 Å². The number of sulfonamides is 1. The zero-order valence-corrected chi connectivity index (χ0v) is 20.8. The van der Waals surface area contributed by atoms with Crippen molar-refractivity contribution >= 4 is 21.6 Å². The van der Waals surface area contributed by atoms with Crippen molar-refractivity contribution in [3.8, 4) is 11.5 Å². The van der Waals surface area contributed by atoms with E-state index in [1.54, 1.807) is 49.6 Å². The van der Waals surface area contributed by atoms with Gasteiger partial charge in [0, 0.05) is 0 Å². The first-order valence-electron chi connectivity index (χ1n) is 11.7. The summed E-state index contributed by atoms with van der Waals surface area (Å²) in [5, 5.41) is 3.06. The van der Waals surface area contributed by atoms with Gasteiger partial charge in [-0.3, -0.25) is 9.10 Å². The first-order chi connectivity index (χ1) is 16.9. The van der Waals surface area contributed by atoms with Crippen molar-refractivity contribution in [1.29, 1.82) is 0 Å². The number of aryl methyl sites for hydroxylation is 1. The standard InChI is InChI=1S/C27H30N2O5S/c1-3-34-26-15-8-7-14-25(26)29(35(31,32)22-11-5-4-6-12-22)19-27(30)28-24-13-9-10-20-18-21(33-2)16-17-23(20)24/h4-8,11-12,14-18,24H,3,9-10,13,19H2,1-2H3,(H,28,30). The van der Waals surface area contributed by atoms with Gasteiger partial charge < -0.3 is 14.8 Å². The van der Waals surface area contributed by atoms with Gasteiger partial charge in [-0.05, 0) is 73.7 Å². The number of carbonyl (C=O) groups is 1. The second kappa shape index (κ2) is 10.8. The van der Waals surface area contributed by atoms with Crippen LogP contribution in [0.1, 0.15) is 36.9 Å². The summed E-state index contributed by atoms with van der Waals surface area (Å²) in [5.41, 5.74) is 2.50. The highest BCUT2D eigenvalue weighted by Gasteiger charge is 2.31. The molecule has 0 spiro atoms. The smallest absolute Gasteiger partial charge is 0.264 e. The molecule has 0 radical (unpaired) electrons. The average Bonchev–Trinajstić information content (AvgIpc) is 2.88. The number of anilines is 1. The molecule has 184 valence electrons. The number of ether oxygens (including phenoxy) is 2. The molecule has 1 amide bonds. The zero-order chi connectivity index (χ0) is 24.8. The Balaban J connectivity index is 1.64. The monoisotopic (exact) mass is 494 g/mol. The van der Waals surface area contributed by atoms with E-state index in [4.69, 9.17) is 9.47 Å². The van der Waals surface area contributed by atoms with Crippen LogP contribution in [0.3, 0.4) is 0 Å². The molecule has 0 saturated carbocycles. The van der Waals surface area contributed by atoms with Crippen molar-refractivity contribution in [1.82, 2.24) is 5.32 Å². The first kappa shape index (κ1) is 24.6. The van der Waals surface area contributed by atoms with E-state index in [0.29, 0.717) is 18.0 Å². The normalized spacial score (nSPS) is 15.1. The molecule has 0 heterocycles. The number of nitrogens with one attached hydrogen (secondary N) is 1. The number of hydrogen-bond donors (Lipinski definition) is 1. The number of methoxy groups -OCH3 is 1. The number of rotatable bonds is 9. The number of benzene rings is 3. The van der Waals surface area contributed by atoms with Crippen LogP contribution in [-0.2, 0) is 21.2 Å². The molecule has 0 saturated heterocycles. The van der Waals surface area contributed by atoms with E-state index in [9.17, 15) is 13.2 Å². The van der Waals surface area contributed by atoms with Crippen molar-refractivity contribution < 1.29 is 22.7 Å². The van der Waals surface area contributed by atoms with Gasteiger partial charge in [0.2, 0.25) is 5.91 Å². The van der Waals surface area contributed by atoms with Crippen molar-refractivity contribution in [3.63, 3.8) is 0 Å². The topological polar surface area (TPSA) is 84.9 Å².